The van der Waals surface area contributed by atoms with Gasteiger partial charge in [0.15, 0.2) is 0 Å². The number of amides is 1. The third-order valence-corrected chi connectivity index (χ3v) is 4.10. The average Bonchev–Trinajstić information content (AvgIpc) is 2.76. The summed E-state index contributed by atoms with van der Waals surface area (Å²) in [7, 11) is 1.64. The van der Waals surface area contributed by atoms with Gasteiger partial charge in [-0.2, -0.15) is 0 Å². The van der Waals surface area contributed by atoms with Gasteiger partial charge in [-0.25, -0.2) is 0 Å². The van der Waals surface area contributed by atoms with Gasteiger partial charge in [0.25, 0.3) is 0 Å². The molecule has 1 aliphatic rings. The van der Waals surface area contributed by atoms with Crippen LogP contribution in [0.5, 0.6) is 0 Å². The minimum Gasteiger partial charge on any atom is -0.383 e. The molecule has 1 atom stereocenters. The van der Waals surface area contributed by atoms with Gasteiger partial charge in [0.2, 0.25) is 5.91 Å². The smallest absolute Gasteiger partial charge is 0.234 e. The van der Waals surface area contributed by atoms with Crippen LogP contribution in [0.2, 0.25) is 0 Å². The monoisotopic (exact) mass is 268 g/mol. The Morgan fingerprint density at radius 1 is 1.67 bits per heavy atom. The van der Waals surface area contributed by atoms with E-state index in [4.69, 9.17) is 4.74 Å². The summed E-state index contributed by atoms with van der Waals surface area (Å²) in [6, 6.07) is 2.24. The van der Waals surface area contributed by atoms with Crippen molar-refractivity contribution in [2.24, 2.45) is 0 Å². The van der Waals surface area contributed by atoms with Crippen molar-refractivity contribution < 1.29 is 9.53 Å². The maximum absolute atomic E-state index is 11.8. The Labute approximate surface area is 112 Å². The van der Waals surface area contributed by atoms with Gasteiger partial charge in [-0.15, -0.1) is 11.3 Å². The molecule has 0 bridgehead atoms. The lowest BCUT2D eigenvalue weighted by atomic mass is 10.1. The molecule has 4 nitrogen and oxygen atoms in total. The van der Waals surface area contributed by atoms with Crippen LogP contribution in [-0.2, 0) is 22.5 Å². The number of carbonyl (C=O) groups is 1. The van der Waals surface area contributed by atoms with Gasteiger partial charge < -0.3 is 10.1 Å². The first-order chi connectivity index (χ1) is 8.69. The van der Waals surface area contributed by atoms with Gasteiger partial charge in [0, 0.05) is 31.1 Å². The van der Waals surface area contributed by atoms with Gasteiger partial charge in [0.05, 0.1) is 13.2 Å². The number of nitrogens with zero attached hydrogens (tertiary/aromatic N) is 1. The van der Waals surface area contributed by atoms with E-state index >= 15 is 0 Å². The van der Waals surface area contributed by atoms with Gasteiger partial charge in [-0.1, -0.05) is 0 Å². The van der Waals surface area contributed by atoms with Crippen molar-refractivity contribution in [3.05, 3.63) is 21.9 Å². The highest BCUT2D eigenvalue weighted by molar-refractivity contribution is 7.10. The van der Waals surface area contributed by atoms with Gasteiger partial charge in [0.1, 0.15) is 0 Å². The van der Waals surface area contributed by atoms with E-state index < -0.39 is 0 Å². The zero-order valence-electron chi connectivity index (χ0n) is 10.9. The molecule has 0 radical (unpaired) electrons. The molecule has 0 spiro atoms. The number of ether oxygens (including phenoxy) is 1. The van der Waals surface area contributed by atoms with E-state index in [0.717, 1.165) is 19.5 Å². The molecule has 1 aromatic rings. The van der Waals surface area contributed by atoms with E-state index in [1.807, 2.05) is 18.3 Å². The van der Waals surface area contributed by atoms with E-state index in [2.05, 4.69) is 21.7 Å². The second-order valence-corrected chi connectivity index (χ2v) is 5.75. The van der Waals surface area contributed by atoms with Crippen molar-refractivity contribution in [3.63, 3.8) is 0 Å². The Hall–Kier alpha value is -0.910. The van der Waals surface area contributed by atoms with Crippen molar-refractivity contribution in [2.75, 3.05) is 26.8 Å². The van der Waals surface area contributed by atoms with E-state index in [-0.39, 0.29) is 11.9 Å². The van der Waals surface area contributed by atoms with Crippen LogP contribution in [0.3, 0.4) is 0 Å². The topological polar surface area (TPSA) is 41.6 Å². The Morgan fingerprint density at radius 3 is 3.28 bits per heavy atom. The quantitative estimate of drug-likeness (QED) is 0.874. The van der Waals surface area contributed by atoms with E-state index in [1.54, 1.807) is 7.11 Å². The number of rotatable bonds is 5. The molecular formula is C13H20N2O2S. The first kappa shape index (κ1) is 13.5. The van der Waals surface area contributed by atoms with Crippen LogP contribution in [0.25, 0.3) is 0 Å². The zero-order valence-corrected chi connectivity index (χ0v) is 11.8. The van der Waals surface area contributed by atoms with E-state index in [0.29, 0.717) is 13.2 Å². The Balaban J connectivity index is 1.79. The molecule has 2 rings (SSSR count). The van der Waals surface area contributed by atoms with Crippen molar-refractivity contribution >= 4 is 17.2 Å². The largest absolute Gasteiger partial charge is 0.383 e. The molecule has 0 unspecified atom stereocenters. The molecule has 0 saturated heterocycles. The summed E-state index contributed by atoms with van der Waals surface area (Å²) in [6.07, 6.45) is 1.06. The highest BCUT2D eigenvalue weighted by Crippen LogP contribution is 2.23. The van der Waals surface area contributed by atoms with Crippen molar-refractivity contribution in [1.29, 1.82) is 0 Å². The Morgan fingerprint density at radius 2 is 2.50 bits per heavy atom. The second kappa shape index (κ2) is 6.31. The molecular weight excluding hydrogens is 248 g/mol. The van der Waals surface area contributed by atoms with Gasteiger partial charge >= 0.3 is 0 Å². The predicted octanol–water partition coefficient (Wildman–Crippen LogP) is 1.26. The highest BCUT2D eigenvalue weighted by atomic mass is 32.1. The lowest BCUT2D eigenvalue weighted by Gasteiger charge is -2.26. The molecule has 0 aromatic carbocycles. The third-order valence-electron chi connectivity index (χ3n) is 3.08. The maximum Gasteiger partial charge on any atom is 0.234 e. The summed E-state index contributed by atoms with van der Waals surface area (Å²) in [6.45, 7) is 4.85. The third kappa shape index (κ3) is 3.54. The fraction of sp³-hybridized carbons (Fsp3) is 0.615. The molecule has 0 saturated carbocycles. The Bertz CT molecular complexity index is 405. The van der Waals surface area contributed by atoms with Crippen molar-refractivity contribution in [2.45, 2.75) is 25.9 Å². The zero-order chi connectivity index (χ0) is 13.0. The molecule has 18 heavy (non-hydrogen) atoms. The number of thiophene rings is 1. The van der Waals surface area contributed by atoms with E-state index in [9.17, 15) is 4.79 Å². The molecule has 1 aromatic heterocycles. The molecule has 0 aliphatic carbocycles. The summed E-state index contributed by atoms with van der Waals surface area (Å²) in [4.78, 5) is 15.5. The molecule has 1 aliphatic heterocycles. The van der Waals surface area contributed by atoms with Crippen LogP contribution >= 0.6 is 11.3 Å². The molecule has 0 fully saturated rings. The molecule has 100 valence electrons. The predicted molar refractivity (Wildman–Crippen MR) is 72.8 cm³/mol. The number of hydrogen-bond donors (Lipinski definition) is 1. The molecule has 1 N–H and O–H groups in total. The van der Waals surface area contributed by atoms with Crippen LogP contribution in [0.4, 0.5) is 0 Å². The first-order valence-electron chi connectivity index (χ1n) is 6.25. The van der Waals surface area contributed by atoms with Crippen molar-refractivity contribution in [3.8, 4) is 0 Å². The lowest BCUT2D eigenvalue weighted by Crippen LogP contribution is -2.43. The van der Waals surface area contributed by atoms with E-state index in [1.165, 1.54) is 10.4 Å². The first-order valence-corrected chi connectivity index (χ1v) is 7.13. The minimum atomic E-state index is 0.0731. The number of hydrogen-bond acceptors (Lipinski definition) is 4. The lowest BCUT2D eigenvalue weighted by molar-refractivity contribution is -0.123. The van der Waals surface area contributed by atoms with Crippen LogP contribution in [0.1, 0.15) is 17.4 Å². The summed E-state index contributed by atoms with van der Waals surface area (Å²) in [5.41, 5.74) is 1.38. The SMILES string of the molecule is COC[C@@H](C)NC(=O)CN1CCc2sccc2C1. The molecule has 5 heteroatoms. The van der Waals surface area contributed by atoms with Crippen LogP contribution in [0.15, 0.2) is 11.4 Å². The van der Waals surface area contributed by atoms with Crippen molar-refractivity contribution in [1.82, 2.24) is 10.2 Å². The van der Waals surface area contributed by atoms with Crippen LogP contribution < -0.4 is 5.32 Å². The number of carbonyl (C=O) groups excluding carboxylic acids is 1. The fourth-order valence-electron chi connectivity index (χ4n) is 2.26. The van der Waals surface area contributed by atoms with Crippen LogP contribution in [-0.4, -0.2) is 43.7 Å². The average molecular weight is 268 g/mol. The molecule has 1 amide bonds. The summed E-state index contributed by atoms with van der Waals surface area (Å²) in [5.74, 6) is 0.0817. The maximum atomic E-state index is 11.8. The number of methoxy groups -OCH3 is 1. The Kier molecular flexibility index (Phi) is 4.74. The highest BCUT2D eigenvalue weighted by Gasteiger charge is 2.19. The second-order valence-electron chi connectivity index (χ2n) is 4.75. The van der Waals surface area contributed by atoms with Crippen LogP contribution in [0, 0.1) is 0 Å². The fourth-order valence-corrected chi connectivity index (χ4v) is 3.15. The minimum absolute atomic E-state index is 0.0731. The standard InChI is InChI=1S/C13H20N2O2S/c1-10(9-17-2)14-13(16)8-15-5-3-12-11(7-15)4-6-18-12/h4,6,10H,3,5,7-9H2,1-2H3,(H,14,16)/t10-/m1/s1. The van der Waals surface area contributed by atoms with Gasteiger partial charge in [-0.3, -0.25) is 9.69 Å². The molecule has 2 heterocycles. The summed E-state index contributed by atoms with van der Waals surface area (Å²) < 4.78 is 5.00. The number of nitrogens with one attached hydrogen (secondary N) is 1. The summed E-state index contributed by atoms with van der Waals surface area (Å²) >= 11 is 1.82. The normalized spacial score (nSPS) is 17.2. The summed E-state index contributed by atoms with van der Waals surface area (Å²) in [5, 5.41) is 5.08. The number of fused-ring (bicyclic) bond motifs is 1. The van der Waals surface area contributed by atoms with Gasteiger partial charge in [-0.05, 0) is 30.4 Å².